The van der Waals surface area contributed by atoms with Gasteiger partial charge in [0.25, 0.3) is 0 Å². The van der Waals surface area contributed by atoms with Crippen LogP contribution in [0.3, 0.4) is 0 Å². The molecule has 0 fully saturated rings. The Hall–Kier alpha value is -6.34. The van der Waals surface area contributed by atoms with Crippen LogP contribution in [0.25, 0.3) is 0 Å². The minimum Gasteiger partial charge on any atom is -0.495 e. The molecule has 0 saturated heterocycles. The van der Waals surface area contributed by atoms with E-state index < -0.39 is 43.6 Å². The molecule has 4 aromatic rings. The predicted molar refractivity (Wildman–Crippen MR) is 233 cm³/mol. The maximum atomic E-state index is 14.4. The summed E-state index contributed by atoms with van der Waals surface area (Å²) in [6.07, 6.45) is 5.49. The average molecular weight is 889 g/mol. The molecule has 4 aromatic carbocycles. The van der Waals surface area contributed by atoms with Gasteiger partial charge in [-0.1, -0.05) is 50.3 Å². The van der Waals surface area contributed by atoms with E-state index in [2.05, 4.69) is 10.6 Å². The summed E-state index contributed by atoms with van der Waals surface area (Å²) in [4.78, 5) is 52.2. The topological polar surface area (TPSA) is 204 Å². The van der Waals surface area contributed by atoms with Gasteiger partial charge in [0.2, 0.25) is 20.0 Å². The number of nitrogens with zero attached hydrogens (tertiary/aromatic N) is 2. The molecule has 0 heterocycles. The van der Waals surface area contributed by atoms with E-state index in [-0.39, 0.29) is 106 Å². The third kappa shape index (κ3) is 10.1. The van der Waals surface area contributed by atoms with Crippen LogP contribution in [0, 0.1) is 0 Å². The highest BCUT2D eigenvalue weighted by atomic mass is 32.2. The summed E-state index contributed by atoms with van der Waals surface area (Å²) >= 11 is 0. The highest BCUT2D eigenvalue weighted by molar-refractivity contribution is 7.89. The Balaban J connectivity index is 1.45. The molecule has 18 heteroatoms. The molecule has 2 N–H and O–H groups in total. The molecule has 328 valence electrons. The van der Waals surface area contributed by atoms with E-state index >= 15 is 0 Å². The molecule has 1 aliphatic carbocycles. The first kappa shape index (κ1) is 46.7. The molecule has 0 atom stereocenters. The number of fused-ring (bicyclic) bond motifs is 2. The van der Waals surface area contributed by atoms with Crippen molar-refractivity contribution in [2.45, 2.75) is 37.5 Å². The van der Waals surface area contributed by atoms with Gasteiger partial charge in [-0.15, -0.1) is 0 Å². The minimum absolute atomic E-state index is 0.0392. The van der Waals surface area contributed by atoms with Crippen LogP contribution >= 0.6 is 0 Å². The lowest BCUT2D eigenvalue weighted by atomic mass is 9.82. The Bertz CT molecular complexity index is 2460. The zero-order valence-electron chi connectivity index (χ0n) is 35.1. The fourth-order valence-electron chi connectivity index (χ4n) is 6.69. The van der Waals surface area contributed by atoms with Gasteiger partial charge in [0, 0.05) is 49.5 Å². The maximum absolute atomic E-state index is 14.4. The number of hydrogen-bond acceptors (Lipinski definition) is 14. The first-order chi connectivity index (χ1) is 29.7. The number of hydrogen-bond donors (Lipinski definition) is 2. The van der Waals surface area contributed by atoms with Crippen LogP contribution in [0.1, 0.15) is 59.5 Å². The summed E-state index contributed by atoms with van der Waals surface area (Å²) in [5.41, 5.74) is 0.997. The van der Waals surface area contributed by atoms with E-state index in [4.69, 9.17) is 18.9 Å². The molecular formula is C44H48N4O12S2. The van der Waals surface area contributed by atoms with Crippen molar-refractivity contribution in [1.82, 2.24) is 8.61 Å². The number of ether oxygens (including phenoxy) is 4. The number of nitrogens with one attached hydrogen (secondary N) is 2. The molecule has 0 unspecified atom stereocenters. The predicted octanol–water partition coefficient (Wildman–Crippen LogP) is 6.23. The van der Waals surface area contributed by atoms with Crippen molar-refractivity contribution in [1.29, 1.82) is 0 Å². The number of rotatable bonds is 20. The third-order valence-corrected chi connectivity index (χ3v) is 13.6. The number of carbonyl (C=O) groups is 4. The first-order valence-electron chi connectivity index (χ1n) is 19.5. The molecule has 0 spiro atoms. The Kier molecular flexibility index (Phi) is 15.4. The lowest BCUT2D eigenvalue weighted by Gasteiger charge is -2.25. The van der Waals surface area contributed by atoms with E-state index in [1.165, 1.54) is 87.1 Å². The third-order valence-electron chi connectivity index (χ3n) is 9.71. The number of sulfonamides is 2. The number of methoxy groups -OCH3 is 2. The highest BCUT2D eigenvalue weighted by Gasteiger charge is 2.35. The number of anilines is 4. The van der Waals surface area contributed by atoms with Gasteiger partial charge in [-0.2, -0.15) is 8.61 Å². The molecule has 0 aromatic heterocycles. The van der Waals surface area contributed by atoms with Gasteiger partial charge < -0.3 is 29.6 Å². The summed E-state index contributed by atoms with van der Waals surface area (Å²) in [6.45, 7) is 6.28. The average Bonchev–Trinajstić information content (AvgIpc) is 3.25. The number of esters is 2. The molecule has 62 heavy (non-hydrogen) atoms. The minimum atomic E-state index is -4.10. The Morgan fingerprint density at radius 2 is 0.984 bits per heavy atom. The monoisotopic (exact) mass is 888 g/mol. The number of allylic oxidation sites excluding steroid dienone is 2. The van der Waals surface area contributed by atoms with Crippen LogP contribution in [0.15, 0.2) is 107 Å². The second kappa shape index (κ2) is 20.5. The molecule has 0 amide bonds. The Morgan fingerprint density at radius 1 is 0.597 bits per heavy atom. The molecule has 16 nitrogen and oxygen atoms in total. The van der Waals surface area contributed by atoms with Crippen LogP contribution in [-0.2, 0) is 39.1 Å². The maximum Gasteiger partial charge on any atom is 0.330 e. The van der Waals surface area contributed by atoms with Crippen molar-refractivity contribution in [2.75, 3.05) is 64.2 Å². The number of carbonyl (C=O) groups excluding carboxylic acids is 4. The summed E-state index contributed by atoms with van der Waals surface area (Å²) in [5.74, 6) is -1.71. The lowest BCUT2D eigenvalue weighted by Crippen LogP contribution is -2.34. The molecule has 5 rings (SSSR count). The smallest absolute Gasteiger partial charge is 0.330 e. The van der Waals surface area contributed by atoms with Gasteiger partial charge in [-0.3, -0.25) is 9.59 Å². The van der Waals surface area contributed by atoms with Gasteiger partial charge in [0.15, 0.2) is 11.6 Å². The van der Waals surface area contributed by atoms with Crippen molar-refractivity contribution in [3.8, 4) is 11.5 Å². The fourth-order valence-corrected chi connectivity index (χ4v) is 9.61. The second-order valence-corrected chi connectivity index (χ2v) is 17.3. The summed E-state index contributed by atoms with van der Waals surface area (Å²) < 4.78 is 78.7. The van der Waals surface area contributed by atoms with Gasteiger partial charge >= 0.3 is 11.9 Å². The molecule has 0 bridgehead atoms. The largest absolute Gasteiger partial charge is 0.495 e. The first-order valence-corrected chi connectivity index (χ1v) is 22.4. The van der Waals surface area contributed by atoms with Crippen LogP contribution in [-0.4, -0.2) is 103 Å². The van der Waals surface area contributed by atoms with Crippen molar-refractivity contribution >= 4 is 66.3 Å². The molecule has 1 aliphatic rings. The highest BCUT2D eigenvalue weighted by Crippen LogP contribution is 2.40. The van der Waals surface area contributed by atoms with E-state index in [1.54, 1.807) is 52.0 Å². The van der Waals surface area contributed by atoms with E-state index in [9.17, 15) is 36.0 Å². The molecule has 0 radical (unpaired) electrons. The standard InChI is InChI=1S/C44H48N4O12S2/c1-7-13-39(49)59-25-23-47(9-3)61(53,54)29-19-21-37(57-5)35(27-29)45-33-17-11-15-31-41(33)43(51)32-16-12-18-34(42(32)44(31)52)46-36-28-30(20-22-38(36)58-6)62(55,56)48(10-4)24-26-60-40(50)14-8-2/h7-8,11-22,27-28,45-46H,9-10,23-26H2,1-6H3. The fraction of sp³-hybridized carbons (Fsp3) is 0.273. The van der Waals surface area contributed by atoms with Crippen LogP contribution in [0.2, 0.25) is 0 Å². The quantitative estimate of drug-likeness (QED) is 0.0658. The van der Waals surface area contributed by atoms with E-state index in [0.717, 1.165) is 8.61 Å². The normalized spacial score (nSPS) is 12.7. The molecule has 0 saturated carbocycles. The van der Waals surface area contributed by atoms with E-state index in [0.29, 0.717) is 0 Å². The van der Waals surface area contributed by atoms with Gasteiger partial charge in [-0.25, -0.2) is 26.4 Å². The second-order valence-electron chi connectivity index (χ2n) is 13.4. The Labute approximate surface area is 361 Å². The molecular weight excluding hydrogens is 841 g/mol. The van der Waals surface area contributed by atoms with Crippen LogP contribution in [0.4, 0.5) is 22.7 Å². The van der Waals surface area contributed by atoms with Crippen molar-refractivity contribution < 1.29 is 55.0 Å². The van der Waals surface area contributed by atoms with Gasteiger partial charge in [0.1, 0.15) is 24.7 Å². The van der Waals surface area contributed by atoms with Crippen LogP contribution in [0.5, 0.6) is 11.5 Å². The Morgan fingerprint density at radius 3 is 1.32 bits per heavy atom. The zero-order valence-corrected chi connectivity index (χ0v) is 36.7. The van der Waals surface area contributed by atoms with Crippen molar-refractivity contribution in [3.05, 3.63) is 119 Å². The van der Waals surface area contributed by atoms with Crippen molar-refractivity contribution in [3.63, 3.8) is 0 Å². The number of likely N-dealkylation sites (N-methyl/N-ethyl adjacent to an activating group) is 2. The van der Waals surface area contributed by atoms with Crippen molar-refractivity contribution in [2.24, 2.45) is 0 Å². The summed E-state index contributed by atoms with van der Waals surface area (Å²) in [5, 5.41) is 6.25. The number of benzene rings is 4. The van der Waals surface area contributed by atoms with Gasteiger partial charge in [-0.05, 0) is 62.4 Å². The number of ketones is 2. The van der Waals surface area contributed by atoms with Gasteiger partial charge in [0.05, 0.1) is 57.9 Å². The van der Waals surface area contributed by atoms with E-state index in [1.807, 2.05) is 0 Å². The SMILES string of the molecule is CC=CC(=O)OCCN(CC)S(=O)(=O)c1ccc(OC)c(Nc2cccc3c2C(=O)c2cccc(Nc4cc(S(=O)(=O)N(CC)CCOC(=O)C=CC)ccc4OC)c2C3=O)c1. The molecule has 0 aliphatic heterocycles. The lowest BCUT2D eigenvalue weighted by molar-refractivity contribution is -0.138. The van der Waals surface area contributed by atoms with Crippen LogP contribution < -0.4 is 20.1 Å². The zero-order chi connectivity index (χ0) is 45.2. The summed E-state index contributed by atoms with van der Waals surface area (Å²) in [7, 11) is -5.40. The summed E-state index contributed by atoms with van der Waals surface area (Å²) in [6, 6.07) is 17.7.